The van der Waals surface area contributed by atoms with Crippen molar-refractivity contribution in [3.05, 3.63) is 39.8 Å². The fraction of sp³-hybridized carbons (Fsp3) is 0.231. The number of hydrogen-bond acceptors (Lipinski definition) is 8. The van der Waals surface area contributed by atoms with Crippen molar-refractivity contribution in [3.8, 4) is 5.75 Å². The highest BCUT2D eigenvalue weighted by molar-refractivity contribution is 7.09. The number of carbonyl (C=O) groups is 1. The van der Waals surface area contributed by atoms with Crippen LogP contribution in [0.25, 0.3) is 0 Å². The van der Waals surface area contributed by atoms with Gasteiger partial charge in [-0.1, -0.05) is 0 Å². The van der Waals surface area contributed by atoms with Crippen LogP contribution in [-0.2, 0) is 6.42 Å². The number of anilines is 1. The third-order valence-electron chi connectivity index (χ3n) is 2.80. The molecule has 0 amide bonds. The lowest BCUT2D eigenvalue weighted by Crippen LogP contribution is -2.23. The molecular weight excluding hydrogens is 296 g/mol. The van der Waals surface area contributed by atoms with Gasteiger partial charge in [-0.15, -0.1) is 16.6 Å². The molecule has 0 aliphatic heterocycles. The largest absolute Gasteiger partial charge is 0.545 e. The maximum absolute atomic E-state index is 10.9. The Morgan fingerprint density at radius 3 is 2.76 bits per heavy atom. The fourth-order valence-corrected chi connectivity index (χ4v) is 2.49. The van der Waals surface area contributed by atoms with Gasteiger partial charge in [0.1, 0.15) is 5.75 Å². The zero-order valence-corrected chi connectivity index (χ0v) is 12.0. The molecule has 0 aliphatic carbocycles. The van der Waals surface area contributed by atoms with Gasteiger partial charge < -0.3 is 14.6 Å². The second kappa shape index (κ2) is 6.53. The fourth-order valence-electron chi connectivity index (χ4n) is 1.73. The number of carboxylic acid groups (broad SMARTS) is 1. The number of nitrogens with zero attached hydrogens (tertiary/aromatic N) is 2. The van der Waals surface area contributed by atoms with E-state index in [1.165, 1.54) is 23.5 Å². The number of thiazole rings is 1. The third-order valence-corrected chi connectivity index (χ3v) is 3.80. The molecule has 0 fully saturated rings. The van der Waals surface area contributed by atoms with Gasteiger partial charge in [-0.2, -0.15) is 0 Å². The molecule has 0 aliphatic rings. The van der Waals surface area contributed by atoms with E-state index >= 15 is 0 Å². The van der Waals surface area contributed by atoms with Gasteiger partial charge in [0.25, 0.3) is 0 Å². The molecule has 0 bridgehead atoms. The maximum Gasteiger partial charge on any atom is 0.122 e. The molecule has 0 saturated carbocycles. The average Bonchev–Trinajstić information content (AvgIpc) is 2.84. The molecule has 1 aromatic heterocycles. The van der Waals surface area contributed by atoms with E-state index in [1.54, 1.807) is 5.51 Å². The zero-order valence-electron chi connectivity index (χ0n) is 11.1. The van der Waals surface area contributed by atoms with Gasteiger partial charge in [0.2, 0.25) is 0 Å². The van der Waals surface area contributed by atoms with E-state index in [0.717, 1.165) is 16.6 Å². The minimum Gasteiger partial charge on any atom is -0.545 e. The summed E-state index contributed by atoms with van der Waals surface area (Å²) in [6.07, 6.45) is 0.628. The topological polar surface area (TPSA) is 106 Å². The lowest BCUT2D eigenvalue weighted by Gasteiger charge is -2.14. The van der Waals surface area contributed by atoms with Crippen LogP contribution in [0.3, 0.4) is 0 Å². The van der Waals surface area contributed by atoms with Crippen LogP contribution in [0, 0.1) is 6.92 Å². The lowest BCUT2D eigenvalue weighted by atomic mass is 10.2. The Hall–Kier alpha value is -2.16. The summed E-state index contributed by atoms with van der Waals surface area (Å²) in [7, 11) is 0. The van der Waals surface area contributed by atoms with Gasteiger partial charge in [-0.05, 0) is 19.1 Å². The standard InChI is InChI=1S/C13H14N2O5S/c1-8-12(21-7-14-8)2-3-20-11-5-9(13(16)17)4-10(6-11)15(18)19/h4-7,18-19H,2-3H2,1H3,(H,16,17)/p-1. The molecule has 2 rings (SSSR count). The molecule has 21 heavy (non-hydrogen) atoms. The van der Waals surface area contributed by atoms with Crippen LogP contribution in [0.1, 0.15) is 20.9 Å². The molecule has 0 atom stereocenters. The van der Waals surface area contributed by atoms with E-state index in [1.807, 2.05) is 6.92 Å². The summed E-state index contributed by atoms with van der Waals surface area (Å²) in [5.41, 5.74) is 2.35. The monoisotopic (exact) mass is 309 g/mol. The van der Waals surface area contributed by atoms with Gasteiger partial charge in [0, 0.05) is 22.9 Å². The molecule has 1 aromatic carbocycles. The van der Waals surface area contributed by atoms with Crippen LogP contribution in [0.4, 0.5) is 5.69 Å². The summed E-state index contributed by atoms with van der Waals surface area (Å²) in [6, 6.07) is 3.64. The predicted octanol–water partition coefficient (Wildman–Crippen LogP) is 1.02. The van der Waals surface area contributed by atoms with Crippen molar-refractivity contribution < 1.29 is 25.1 Å². The first-order chi connectivity index (χ1) is 9.97. The molecule has 112 valence electrons. The molecule has 7 nitrogen and oxygen atoms in total. The quantitative estimate of drug-likeness (QED) is 0.767. The summed E-state index contributed by atoms with van der Waals surface area (Å²) in [6.45, 7) is 2.21. The van der Waals surface area contributed by atoms with Crippen molar-refractivity contribution in [3.63, 3.8) is 0 Å². The van der Waals surface area contributed by atoms with E-state index in [2.05, 4.69) is 4.98 Å². The number of rotatable bonds is 6. The second-order valence-corrected chi connectivity index (χ2v) is 5.19. The lowest BCUT2D eigenvalue weighted by molar-refractivity contribution is -0.255. The first-order valence-electron chi connectivity index (χ1n) is 6.03. The molecule has 0 saturated heterocycles. The Kier molecular flexibility index (Phi) is 4.73. The van der Waals surface area contributed by atoms with Gasteiger partial charge in [-0.3, -0.25) is 10.4 Å². The van der Waals surface area contributed by atoms with Crippen molar-refractivity contribution in [1.82, 2.24) is 4.98 Å². The molecule has 8 heteroatoms. The summed E-state index contributed by atoms with van der Waals surface area (Å²) in [5.74, 6) is -1.22. The minimum atomic E-state index is -1.43. The number of carbonyl (C=O) groups excluding carboxylic acids is 1. The number of aromatic nitrogens is 1. The summed E-state index contributed by atoms with van der Waals surface area (Å²) in [4.78, 5) is 16.1. The van der Waals surface area contributed by atoms with E-state index in [9.17, 15) is 9.90 Å². The molecule has 0 radical (unpaired) electrons. The third kappa shape index (κ3) is 3.91. The molecule has 0 spiro atoms. The van der Waals surface area contributed by atoms with Gasteiger partial charge >= 0.3 is 0 Å². The van der Waals surface area contributed by atoms with E-state index in [0.29, 0.717) is 13.0 Å². The van der Waals surface area contributed by atoms with Gasteiger partial charge in [-0.25, -0.2) is 4.98 Å². The smallest absolute Gasteiger partial charge is 0.122 e. The Morgan fingerprint density at radius 1 is 1.43 bits per heavy atom. The molecule has 2 aromatic rings. The summed E-state index contributed by atoms with van der Waals surface area (Å²) < 4.78 is 5.45. The molecular formula is C13H13N2O5S-. The Labute approximate surface area is 124 Å². The van der Waals surface area contributed by atoms with Crippen LogP contribution in [0.15, 0.2) is 23.7 Å². The highest BCUT2D eigenvalue weighted by atomic mass is 32.1. The summed E-state index contributed by atoms with van der Waals surface area (Å²) in [5, 5.41) is 28.7. The number of aryl methyl sites for hydroxylation is 1. The van der Waals surface area contributed by atoms with Crippen LogP contribution < -0.4 is 15.1 Å². The Bertz CT molecular complexity index is 641. The average molecular weight is 309 g/mol. The highest BCUT2D eigenvalue weighted by Gasteiger charge is 2.08. The number of hydrogen-bond donors (Lipinski definition) is 2. The van der Waals surface area contributed by atoms with E-state index in [-0.39, 0.29) is 22.2 Å². The number of aromatic carboxylic acids is 1. The highest BCUT2D eigenvalue weighted by Crippen LogP contribution is 2.23. The molecule has 0 unspecified atom stereocenters. The van der Waals surface area contributed by atoms with Crippen LogP contribution in [0.5, 0.6) is 5.75 Å². The number of ether oxygens (including phenoxy) is 1. The minimum absolute atomic E-state index is 0.124. The van der Waals surface area contributed by atoms with Crippen LogP contribution in [-0.4, -0.2) is 28.0 Å². The summed E-state index contributed by atoms with van der Waals surface area (Å²) >= 11 is 1.52. The van der Waals surface area contributed by atoms with Crippen LogP contribution >= 0.6 is 11.3 Å². The Balaban J connectivity index is 2.08. The van der Waals surface area contributed by atoms with Crippen molar-refractivity contribution >= 4 is 23.0 Å². The van der Waals surface area contributed by atoms with Crippen molar-refractivity contribution in [2.24, 2.45) is 0 Å². The second-order valence-electron chi connectivity index (χ2n) is 4.25. The first kappa shape index (κ1) is 15.2. The normalized spacial score (nSPS) is 10.4. The van der Waals surface area contributed by atoms with Crippen molar-refractivity contribution in [2.45, 2.75) is 13.3 Å². The predicted molar refractivity (Wildman–Crippen MR) is 72.9 cm³/mol. The SMILES string of the molecule is Cc1ncsc1CCOc1cc(C(=O)[O-])cc(N(O)O)c1. The van der Waals surface area contributed by atoms with Gasteiger partial charge in [0.15, 0.2) is 0 Å². The van der Waals surface area contributed by atoms with E-state index < -0.39 is 5.97 Å². The molecule has 2 N–H and O–H groups in total. The van der Waals surface area contributed by atoms with Crippen molar-refractivity contribution in [1.29, 1.82) is 0 Å². The molecule has 1 heterocycles. The van der Waals surface area contributed by atoms with Gasteiger partial charge in [0.05, 0.1) is 29.5 Å². The number of benzene rings is 1. The number of carboxylic acids is 1. The van der Waals surface area contributed by atoms with Crippen molar-refractivity contribution in [2.75, 3.05) is 11.8 Å². The maximum atomic E-state index is 10.9. The zero-order chi connectivity index (χ0) is 15.4. The Morgan fingerprint density at radius 2 is 2.19 bits per heavy atom. The van der Waals surface area contributed by atoms with E-state index in [4.69, 9.17) is 15.2 Å². The first-order valence-corrected chi connectivity index (χ1v) is 6.91. The van der Waals surface area contributed by atoms with Crippen LogP contribution in [0.2, 0.25) is 0 Å².